The Bertz CT molecular complexity index is 294. The van der Waals surface area contributed by atoms with Gasteiger partial charge in [-0.1, -0.05) is 0 Å². The van der Waals surface area contributed by atoms with Crippen LogP contribution in [-0.4, -0.2) is 42.8 Å². The van der Waals surface area contributed by atoms with Gasteiger partial charge in [0.05, 0.1) is 6.61 Å². The van der Waals surface area contributed by atoms with E-state index in [1.165, 1.54) is 0 Å². The zero-order valence-corrected chi connectivity index (χ0v) is 11.2. The quantitative estimate of drug-likeness (QED) is 0.405. The van der Waals surface area contributed by atoms with Crippen LogP contribution in [0.2, 0.25) is 0 Å². The molecule has 3 N–H and O–H groups in total. The minimum Gasteiger partial charge on any atom is -0.481 e. The molecule has 0 heterocycles. The molecule has 0 saturated carbocycles. The molecular weight excluding hydrogens is 252 g/mol. The van der Waals surface area contributed by atoms with Crippen molar-refractivity contribution in [3.8, 4) is 0 Å². The van der Waals surface area contributed by atoms with E-state index in [4.69, 9.17) is 9.84 Å². The Balaban J connectivity index is 3.35. The van der Waals surface area contributed by atoms with Crippen LogP contribution in [0.5, 0.6) is 0 Å². The first-order valence-electron chi connectivity index (χ1n) is 6.45. The van der Waals surface area contributed by atoms with Gasteiger partial charge in [0.2, 0.25) is 0 Å². The maximum atomic E-state index is 11.3. The van der Waals surface area contributed by atoms with Crippen molar-refractivity contribution >= 4 is 18.0 Å². The van der Waals surface area contributed by atoms with Crippen molar-refractivity contribution < 1.29 is 24.2 Å². The molecule has 0 fully saturated rings. The van der Waals surface area contributed by atoms with E-state index in [0.717, 1.165) is 0 Å². The number of amides is 2. The molecule has 0 rings (SSSR count). The molecule has 7 heteroatoms. The lowest BCUT2D eigenvalue weighted by atomic mass is 10.2. The lowest BCUT2D eigenvalue weighted by Gasteiger charge is -2.07. The van der Waals surface area contributed by atoms with E-state index in [1.54, 1.807) is 6.92 Å². The number of carbonyl (C=O) groups excluding carboxylic acids is 2. The van der Waals surface area contributed by atoms with Gasteiger partial charge < -0.3 is 20.5 Å². The summed E-state index contributed by atoms with van der Waals surface area (Å²) in [5.41, 5.74) is 0. The van der Waals surface area contributed by atoms with E-state index in [2.05, 4.69) is 10.6 Å². The van der Waals surface area contributed by atoms with E-state index in [0.29, 0.717) is 39.0 Å². The van der Waals surface area contributed by atoms with Gasteiger partial charge in [0.25, 0.3) is 0 Å². The summed E-state index contributed by atoms with van der Waals surface area (Å²) in [5.74, 6) is -1.10. The zero-order chi connectivity index (χ0) is 14.5. The van der Waals surface area contributed by atoms with Crippen LogP contribution >= 0.6 is 0 Å². The lowest BCUT2D eigenvalue weighted by Crippen LogP contribution is -2.36. The number of carboxylic acid groups (broad SMARTS) is 1. The molecule has 0 aliphatic heterocycles. The van der Waals surface area contributed by atoms with Crippen molar-refractivity contribution in [1.29, 1.82) is 0 Å². The molecule has 110 valence electrons. The Kier molecular flexibility index (Phi) is 10.2. The monoisotopic (exact) mass is 274 g/mol. The summed E-state index contributed by atoms with van der Waals surface area (Å²) in [6, 6.07) is -0.306. The van der Waals surface area contributed by atoms with E-state index >= 15 is 0 Å². The number of esters is 1. The van der Waals surface area contributed by atoms with Gasteiger partial charge in [0.15, 0.2) is 0 Å². The Morgan fingerprint density at radius 2 is 1.63 bits per heavy atom. The van der Waals surface area contributed by atoms with E-state index in [9.17, 15) is 14.4 Å². The number of nitrogens with one attached hydrogen (secondary N) is 2. The fourth-order valence-electron chi connectivity index (χ4n) is 1.33. The average Bonchev–Trinajstić information content (AvgIpc) is 2.34. The summed E-state index contributed by atoms with van der Waals surface area (Å²) >= 11 is 0. The molecule has 0 spiro atoms. The van der Waals surface area contributed by atoms with Crippen molar-refractivity contribution in [3.63, 3.8) is 0 Å². The highest BCUT2D eigenvalue weighted by Gasteiger charge is 2.03. The second kappa shape index (κ2) is 11.3. The smallest absolute Gasteiger partial charge is 0.314 e. The summed E-state index contributed by atoms with van der Waals surface area (Å²) in [5, 5.41) is 13.6. The third-order valence-electron chi connectivity index (χ3n) is 2.25. The van der Waals surface area contributed by atoms with Crippen LogP contribution in [0.4, 0.5) is 4.79 Å². The molecule has 0 unspecified atom stereocenters. The summed E-state index contributed by atoms with van der Waals surface area (Å²) in [7, 11) is 0. The Morgan fingerprint density at radius 3 is 2.21 bits per heavy atom. The number of hydrogen-bond acceptors (Lipinski definition) is 4. The predicted octanol–water partition coefficient (Wildman–Crippen LogP) is 0.884. The SMILES string of the molecule is CCOC(=O)CCCNC(=O)NCCCCC(=O)O. The Hall–Kier alpha value is -1.79. The van der Waals surface area contributed by atoms with Crippen LogP contribution in [0, 0.1) is 0 Å². The van der Waals surface area contributed by atoms with Crippen LogP contribution in [0.3, 0.4) is 0 Å². The number of unbranched alkanes of at least 4 members (excludes halogenated alkanes) is 1. The summed E-state index contributed by atoms with van der Waals surface area (Å²) < 4.78 is 4.74. The first-order chi connectivity index (χ1) is 9.06. The van der Waals surface area contributed by atoms with Crippen molar-refractivity contribution in [2.75, 3.05) is 19.7 Å². The topological polar surface area (TPSA) is 105 Å². The van der Waals surface area contributed by atoms with Crippen LogP contribution in [0.15, 0.2) is 0 Å². The van der Waals surface area contributed by atoms with Crippen LogP contribution in [0.25, 0.3) is 0 Å². The number of aliphatic carboxylic acids is 1. The van der Waals surface area contributed by atoms with E-state index < -0.39 is 5.97 Å². The second-order valence-electron chi connectivity index (χ2n) is 3.94. The summed E-state index contributed by atoms with van der Waals surface area (Å²) in [6.07, 6.45) is 2.10. The zero-order valence-electron chi connectivity index (χ0n) is 11.2. The van der Waals surface area contributed by atoms with Gasteiger partial charge in [-0.05, 0) is 26.2 Å². The molecule has 0 aliphatic carbocycles. The van der Waals surface area contributed by atoms with Crippen molar-refractivity contribution in [2.45, 2.75) is 39.0 Å². The van der Waals surface area contributed by atoms with Crippen LogP contribution in [0.1, 0.15) is 39.0 Å². The highest BCUT2D eigenvalue weighted by molar-refractivity contribution is 5.74. The number of hydrogen-bond donors (Lipinski definition) is 3. The maximum Gasteiger partial charge on any atom is 0.314 e. The number of rotatable bonds is 10. The second-order valence-corrected chi connectivity index (χ2v) is 3.94. The molecule has 0 aromatic heterocycles. The van der Waals surface area contributed by atoms with Gasteiger partial charge >= 0.3 is 18.0 Å². The van der Waals surface area contributed by atoms with E-state index in [-0.39, 0.29) is 24.8 Å². The molecule has 0 atom stereocenters. The third kappa shape index (κ3) is 12.5. The summed E-state index contributed by atoms with van der Waals surface area (Å²) in [6.45, 7) is 2.95. The van der Waals surface area contributed by atoms with Gasteiger partial charge in [-0.3, -0.25) is 9.59 Å². The molecule has 0 radical (unpaired) electrons. The van der Waals surface area contributed by atoms with Crippen molar-refractivity contribution in [3.05, 3.63) is 0 Å². The average molecular weight is 274 g/mol. The first-order valence-corrected chi connectivity index (χ1v) is 6.45. The molecule has 19 heavy (non-hydrogen) atoms. The largest absolute Gasteiger partial charge is 0.481 e. The number of ether oxygens (including phenoxy) is 1. The molecular formula is C12H22N2O5. The van der Waals surface area contributed by atoms with Gasteiger partial charge in [-0.2, -0.15) is 0 Å². The molecule has 0 saturated heterocycles. The van der Waals surface area contributed by atoms with Crippen molar-refractivity contribution in [1.82, 2.24) is 10.6 Å². The van der Waals surface area contributed by atoms with Gasteiger partial charge in [0, 0.05) is 25.9 Å². The van der Waals surface area contributed by atoms with Crippen LogP contribution in [-0.2, 0) is 14.3 Å². The van der Waals surface area contributed by atoms with Gasteiger partial charge in [-0.25, -0.2) is 4.79 Å². The number of carbonyl (C=O) groups is 3. The first kappa shape index (κ1) is 17.2. The minimum atomic E-state index is -0.830. The molecule has 0 aromatic rings. The standard InChI is InChI=1S/C12H22N2O5/c1-2-19-11(17)7-5-9-14-12(18)13-8-4-3-6-10(15)16/h2-9H2,1H3,(H,15,16)(H2,13,14,18). The molecule has 7 nitrogen and oxygen atoms in total. The van der Waals surface area contributed by atoms with Crippen molar-refractivity contribution in [2.24, 2.45) is 0 Å². The Morgan fingerprint density at radius 1 is 1.00 bits per heavy atom. The highest BCUT2D eigenvalue weighted by Crippen LogP contribution is 1.93. The molecule has 2 amide bonds. The number of urea groups is 1. The van der Waals surface area contributed by atoms with Gasteiger partial charge in [-0.15, -0.1) is 0 Å². The minimum absolute atomic E-state index is 0.114. The fraction of sp³-hybridized carbons (Fsp3) is 0.750. The molecule has 0 aromatic carbocycles. The van der Waals surface area contributed by atoms with E-state index in [1.807, 2.05) is 0 Å². The van der Waals surface area contributed by atoms with Crippen LogP contribution < -0.4 is 10.6 Å². The fourth-order valence-corrected chi connectivity index (χ4v) is 1.33. The van der Waals surface area contributed by atoms with Gasteiger partial charge in [0.1, 0.15) is 0 Å². The maximum absolute atomic E-state index is 11.3. The normalized spacial score (nSPS) is 9.74. The predicted molar refractivity (Wildman–Crippen MR) is 68.8 cm³/mol. The highest BCUT2D eigenvalue weighted by atomic mass is 16.5. The molecule has 0 bridgehead atoms. The third-order valence-corrected chi connectivity index (χ3v) is 2.25. The number of carboxylic acids is 1. The lowest BCUT2D eigenvalue weighted by molar-refractivity contribution is -0.143. The Labute approximate surface area is 112 Å². The summed E-state index contributed by atoms with van der Waals surface area (Å²) in [4.78, 5) is 32.5. The molecule has 0 aliphatic rings.